The van der Waals surface area contributed by atoms with Crippen LogP contribution in [0.2, 0.25) is 0 Å². The number of ether oxygens (including phenoxy) is 2. The van der Waals surface area contributed by atoms with Gasteiger partial charge in [-0.05, 0) is 0 Å². The molecule has 0 saturated carbocycles. The lowest BCUT2D eigenvalue weighted by atomic mass is 10.4. The molecule has 0 atom stereocenters. The van der Waals surface area contributed by atoms with Crippen molar-refractivity contribution in [2.24, 2.45) is 0 Å². The first-order valence-electron chi connectivity index (χ1n) is 4.14. The summed E-state index contributed by atoms with van der Waals surface area (Å²) in [6, 6.07) is 1.23. The van der Waals surface area contributed by atoms with Crippen LogP contribution >= 0.6 is 0 Å². The SMILES string of the molecule is COC(=O)C(=O)Nc1coc(C(=O)OC)c1. The van der Waals surface area contributed by atoms with Crippen molar-refractivity contribution in [2.75, 3.05) is 19.5 Å². The van der Waals surface area contributed by atoms with Gasteiger partial charge in [0.2, 0.25) is 5.76 Å². The molecule has 1 aromatic rings. The molecule has 0 unspecified atom stereocenters. The molecular weight excluding hydrogens is 218 g/mol. The molecule has 7 heteroatoms. The lowest BCUT2D eigenvalue weighted by Gasteiger charge is -1.98. The molecule has 7 nitrogen and oxygen atoms in total. The summed E-state index contributed by atoms with van der Waals surface area (Å²) in [7, 11) is 2.27. The van der Waals surface area contributed by atoms with Crippen molar-refractivity contribution in [1.82, 2.24) is 0 Å². The zero-order valence-electron chi connectivity index (χ0n) is 8.60. The number of nitrogens with one attached hydrogen (secondary N) is 1. The van der Waals surface area contributed by atoms with Gasteiger partial charge in [0.15, 0.2) is 0 Å². The number of carbonyl (C=O) groups excluding carboxylic acids is 3. The zero-order chi connectivity index (χ0) is 12.1. The van der Waals surface area contributed by atoms with Crippen LogP contribution in [0.4, 0.5) is 5.69 Å². The number of furan rings is 1. The minimum absolute atomic E-state index is 0.0809. The fourth-order valence-electron chi connectivity index (χ4n) is 0.884. The number of hydrogen-bond acceptors (Lipinski definition) is 6. The van der Waals surface area contributed by atoms with Gasteiger partial charge in [0.25, 0.3) is 0 Å². The van der Waals surface area contributed by atoms with Crippen molar-refractivity contribution in [3.8, 4) is 0 Å². The Labute approximate surface area is 90.3 Å². The van der Waals surface area contributed by atoms with Gasteiger partial charge in [0.05, 0.1) is 19.9 Å². The van der Waals surface area contributed by atoms with Gasteiger partial charge in [-0.3, -0.25) is 4.79 Å². The Hall–Kier alpha value is -2.31. The van der Waals surface area contributed by atoms with Crippen LogP contribution in [-0.4, -0.2) is 32.1 Å². The molecule has 1 amide bonds. The number of hydrogen-bond donors (Lipinski definition) is 1. The van der Waals surface area contributed by atoms with Crippen LogP contribution < -0.4 is 5.32 Å². The predicted octanol–water partition coefficient (Wildman–Crippen LogP) is 0.178. The predicted molar refractivity (Wildman–Crippen MR) is 50.7 cm³/mol. The molecule has 0 aliphatic heterocycles. The van der Waals surface area contributed by atoms with Gasteiger partial charge >= 0.3 is 17.8 Å². The van der Waals surface area contributed by atoms with Gasteiger partial charge in [-0.15, -0.1) is 0 Å². The van der Waals surface area contributed by atoms with Crippen LogP contribution in [0.25, 0.3) is 0 Å². The smallest absolute Gasteiger partial charge is 0.396 e. The molecule has 0 bridgehead atoms. The monoisotopic (exact) mass is 227 g/mol. The van der Waals surface area contributed by atoms with E-state index in [-0.39, 0.29) is 11.4 Å². The van der Waals surface area contributed by atoms with E-state index in [4.69, 9.17) is 4.42 Å². The molecule has 1 N–H and O–H groups in total. The highest BCUT2D eigenvalue weighted by atomic mass is 16.5. The highest BCUT2D eigenvalue weighted by Gasteiger charge is 2.17. The van der Waals surface area contributed by atoms with Gasteiger partial charge in [-0.25, -0.2) is 9.59 Å². The molecule has 0 spiro atoms. The van der Waals surface area contributed by atoms with E-state index < -0.39 is 17.8 Å². The standard InChI is InChI=1S/C9H9NO6/c1-14-8(12)6-3-5(4-16-6)10-7(11)9(13)15-2/h3-4H,1-2H3,(H,10,11). The van der Waals surface area contributed by atoms with Crippen molar-refractivity contribution in [3.63, 3.8) is 0 Å². The van der Waals surface area contributed by atoms with E-state index in [1.165, 1.54) is 13.2 Å². The van der Waals surface area contributed by atoms with Crippen molar-refractivity contribution in [3.05, 3.63) is 18.1 Å². The van der Waals surface area contributed by atoms with E-state index in [1.807, 2.05) is 0 Å². The fraction of sp³-hybridized carbons (Fsp3) is 0.222. The lowest BCUT2D eigenvalue weighted by Crippen LogP contribution is -2.23. The second-order valence-corrected chi connectivity index (χ2v) is 2.64. The van der Waals surface area contributed by atoms with E-state index in [2.05, 4.69) is 14.8 Å². The normalized spacial score (nSPS) is 9.38. The maximum atomic E-state index is 11.0. The minimum Gasteiger partial charge on any atom is -0.463 e. The van der Waals surface area contributed by atoms with Gasteiger partial charge in [-0.2, -0.15) is 0 Å². The quantitative estimate of drug-likeness (QED) is 0.572. The average Bonchev–Trinajstić information content (AvgIpc) is 2.75. The van der Waals surface area contributed by atoms with Gasteiger partial charge in [0, 0.05) is 6.07 Å². The van der Waals surface area contributed by atoms with Gasteiger partial charge in [-0.1, -0.05) is 0 Å². The molecule has 86 valence electrons. The third-order valence-electron chi connectivity index (χ3n) is 1.61. The second kappa shape index (κ2) is 4.96. The lowest BCUT2D eigenvalue weighted by molar-refractivity contribution is -0.150. The van der Waals surface area contributed by atoms with Gasteiger partial charge < -0.3 is 19.2 Å². The molecular formula is C9H9NO6. The van der Waals surface area contributed by atoms with Crippen LogP contribution in [0.5, 0.6) is 0 Å². The largest absolute Gasteiger partial charge is 0.463 e. The zero-order valence-corrected chi connectivity index (χ0v) is 8.60. The first-order valence-corrected chi connectivity index (χ1v) is 4.14. The Balaban J connectivity index is 2.69. The fourth-order valence-corrected chi connectivity index (χ4v) is 0.884. The van der Waals surface area contributed by atoms with Crippen molar-refractivity contribution in [1.29, 1.82) is 0 Å². The summed E-state index contributed by atoms with van der Waals surface area (Å²) >= 11 is 0. The molecule has 1 heterocycles. The Morgan fingerprint density at radius 2 is 1.94 bits per heavy atom. The molecule has 0 saturated heterocycles. The Morgan fingerprint density at radius 1 is 1.25 bits per heavy atom. The van der Waals surface area contributed by atoms with E-state index in [9.17, 15) is 14.4 Å². The summed E-state index contributed by atoms with van der Waals surface area (Å²) in [6.07, 6.45) is 1.10. The molecule has 0 radical (unpaired) electrons. The summed E-state index contributed by atoms with van der Waals surface area (Å²) in [6.45, 7) is 0. The molecule has 0 aliphatic carbocycles. The number of carbonyl (C=O) groups is 3. The van der Waals surface area contributed by atoms with Crippen molar-refractivity contribution < 1.29 is 28.3 Å². The number of rotatable bonds is 2. The highest BCUT2D eigenvalue weighted by Crippen LogP contribution is 2.13. The van der Waals surface area contributed by atoms with E-state index in [0.29, 0.717) is 0 Å². The van der Waals surface area contributed by atoms with Crippen LogP contribution in [0.3, 0.4) is 0 Å². The molecule has 0 aromatic carbocycles. The molecule has 0 aliphatic rings. The summed E-state index contributed by atoms with van der Waals surface area (Å²) < 4.78 is 13.4. The van der Waals surface area contributed by atoms with E-state index >= 15 is 0 Å². The number of amides is 1. The van der Waals surface area contributed by atoms with Crippen LogP contribution in [0.1, 0.15) is 10.6 Å². The Morgan fingerprint density at radius 3 is 2.50 bits per heavy atom. The number of anilines is 1. The molecule has 16 heavy (non-hydrogen) atoms. The van der Waals surface area contributed by atoms with Crippen LogP contribution in [0, 0.1) is 0 Å². The summed E-state index contributed by atoms with van der Waals surface area (Å²) in [5.74, 6) is -2.76. The van der Waals surface area contributed by atoms with Crippen LogP contribution in [0.15, 0.2) is 16.7 Å². The average molecular weight is 227 g/mol. The third-order valence-corrected chi connectivity index (χ3v) is 1.61. The summed E-state index contributed by atoms with van der Waals surface area (Å²) in [4.78, 5) is 32.8. The summed E-state index contributed by atoms with van der Waals surface area (Å²) in [5.41, 5.74) is 0.163. The van der Waals surface area contributed by atoms with E-state index in [1.54, 1.807) is 0 Å². The maximum Gasteiger partial charge on any atom is 0.396 e. The minimum atomic E-state index is -1.04. The topological polar surface area (TPSA) is 94.8 Å². The van der Waals surface area contributed by atoms with Crippen molar-refractivity contribution in [2.45, 2.75) is 0 Å². The Kier molecular flexibility index (Phi) is 3.65. The first-order chi connectivity index (χ1) is 7.58. The van der Waals surface area contributed by atoms with E-state index in [0.717, 1.165) is 13.4 Å². The first kappa shape index (κ1) is 11.8. The summed E-state index contributed by atoms with van der Waals surface area (Å²) in [5, 5.41) is 2.18. The number of esters is 2. The Bertz CT molecular complexity index is 421. The molecule has 0 fully saturated rings. The highest BCUT2D eigenvalue weighted by molar-refractivity contribution is 6.37. The second-order valence-electron chi connectivity index (χ2n) is 2.64. The van der Waals surface area contributed by atoms with Crippen LogP contribution in [-0.2, 0) is 19.1 Å². The van der Waals surface area contributed by atoms with Crippen molar-refractivity contribution >= 4 is 23.5 Å². The third kappa shape index (κ3) is 2.59. The maximum absolute atomic E-state index is 11.0. The molecule has 1 rings (SSSR count). The van der Waals surface area contributed by atoms with Gasteiger partial charge in [0.1, 0.15) is 6.26 Å². The number of methoxy groups -OCH3 is 2. The molecule has 1 aromatic heterocycles.